The van der Waals surface area contributed by atoms with Crippen molar-refractivity contribution in [1.82, 2.24) is 9.38 Å². The lowest BCUT2D eigenvalue weighted by Gasteiger charge is -2.06. The highest BCUT2D eigenvalue weighted by atomic mass is 15.0. The summed E-state index contributed by atoms with van der Waals surface area (Å²) in [6.07, 6.45) is 4.16. The number of pyridine rings is 2. The third kappa shape index (κ3) is 1.74. The first-order chi connectivity index (χ1) is 10.3. The van der Waals surface area contributed by atoms with E-state index in [0.717, 1.165) is 16.7 Å². The van der Waals surface area contributed by atoms with E-state index in [1.54, 1.807) is 0 Å². The van der Waals surface area contributed by atoms with Crippen LogP contribution in [0.3, 0.4) is 0 Å². The molecule has 4 aromatic rings. The fourth-order valence-electron chi connectivity index (χ4n) is 2.95. The Balaban J connectivity index is 2.22. The van der Waals surface area contributed by atoms with E-state index in [9.17, 15) is 0 Å². The predicted molar refractivity (Wildman–Crippen MR) is 84.0 cm³/mol. The van der Waals surface area contributed by atoms with E-state index in [2.05, 4.69) is 65.7 Å². The van der Waals surface area contributed by atoms with Gasteiger partial charge in [0.25, 0.3) is 0 Å². The highest BCUT2D eigenvalue weighted by Crippen LogP contribution is 2.28. The number of rotatable bonds is 1. The van der Waals surface area contributed by atoms with Gasteiger partial charge in [-0.05, 0) is 30.7 Å². The summed E-state index contributed by atoms with van der Waals surface area (Å²) in [6, 6.07) is 16.7. The molecule has 102 valence electrons. The van der Waals surface area contributed by atoms with E-state index in [0.29, 0.717) is 0 Å². The standard InChI is InChI=1S/C18H16N3/c1-13-7-3-4-8-14(13)17-18-15(10-12-20(17)2)19-16-9-5-6-11-21(16)18/h3-12H,1-2H3/q+1. The van der Waals surface area contributed by atoms with Crippen molar-refractivity contribution in [2.75, 3.05) is 0 Å². The Morgan fingerprint density at radius 1 is 1.00 bits per heavy atom. The monoisotopic (exact) mass is 274 g/mol. The van der Waals surface area contributed by atoms with Gasteiger partial charge in [0.1, 0.15) is 23.7 Å². The van der Waals surface area contributed by atoms with E-state index < -0.39 is 0 Å². The van der Waals surface area contributed by atoms with Crippen molar-refractivity contribution in [3.05, 3.63) is 66.5 Å². The molecule has 0 saturated heterocycles. The molecule has 0 aliphatic carbocycles. The summed E-state index contributed by atoms with van der Waals surface area (Å²) >= 11 is 0. The first-order valence-corrected chi connectivity index (χ1v) is 7.07. The first-order valence-electron chi connectivity index (χ1n) is 7.07. The minimum Gasteiger partial charge on any atom is -0.294 e. The van der Waals surface area contributed by atoms with E-state index in [4.69, 9.17) is 4.98 Å². The molecule has 4 rings (SSSR count). The Labute approximate surface area is 123 Å². The van der Waals surface area contributed by atoms with Gasteiger partial charge in [-0.25, -0.2) is 4.98 Å². The Hall–Kier alpha value is -2.68. The molecule has 3 heterocycles. The number of hydrogen-bond donors (Lipinski definition) is 0. The molecule has 0 aliphatic rings. The molecule has 0 unspecified atom stereocenters. The SMILES string of the molecule is Cc1ccccc1-c1c2c(cc[n+]1C)nc1ccccn12. The predicted octanol–water partition coefficient (Wildman–Crippen LogP) is 3.29. The van der Waals surface area contributed by atoms with E-state index >= 15 is 0 Å². The number of aromatic nitrogens is 3. The lowest BCUT2D eigenvalue weighted by Crippen LogP contribution is -2.31. The second kappa shape index (κ2) is 4.42. The molecule has 1 aromatic carbocycles. The van der Waals surface area contributed by atoms with Crippen molar-refractivity contribution < 1.29 is 4.57 Å². The van der Waals surface area contributed by atoms with Crippen LogP contribution in [0.2, 0.25) is 0 Å². The van der Waals surface area contributed by atoms with E-state index in [1.807, 2.05) is 18.2 Å². The molecule has 3 heteroatoms. The Bertz CT molecular complexity index is 967. The largest absolute Gasteiger partial charge is 0.294 e. The van der Waals surface area contributed by atoms with Crippen molar-refractivity contribution in [3.63, 3.8) is 0 Å². The minimum atomic E-state index is 0.980. The zero-order valence-electron chi connectivity index (χ0n) is 12.1. The van der Waals surface area contributed by atoms with Gasteiger partial charge in [-0.3, -0.25) is 4.40 Å². The molecule has 21 heavy (non-hydrogen) atoms. The van der Waals surface area contributed by atoms with Crippen LogP contribution in [-0.4, -0.2) is 9.38 Å². The minimum absolute atomic E-state index is 0.980. The summed E-state index contributed by atoms with van der Waals surface area (Å²) in [5, 5.41) is 0. The summed E-state index contributed by atoms with van der Waals surface area (Å²) < 4.78 is 4.34. The number of benzene rings is 1. The molecule has 0 spiro atoms. The quantitative estimate of drug-likeness (QED) is 0.488. The third-order valence-electron chi connectivity index (χ3n) is 3.99. The van der Waals surface area contributed by atoms with Crippen molar-refractivity contribution >= 4 is 16.7 Å². The molecule has 0 N–H and O–H groups in total. The first kappa shape index (κ1) is 12.1. The summed E-state index contributed by atoms with van der Waals surface area (Å²) in [7, 11) is 2.09. The van der Waals surface area contributed by atoms with Gasteiger partial charge in [-0.1, -0.05) is 24.3 Å². The molecule has 0 atom stereocenters. The maximum atomic E-state index is 4.72. The zero-order valence-corrected chi connectivity index (χ0v) is 12.1. The highest BCUT2D eigenvalue weighted by molar-refractivity contribution is 5.91. The van der Waals surface area contributed by atoms with Crippen LogP contribution in [0.1, 0.15) is 5.56 Å². The van der Waals surface area contributed by atoms with Crippen LogP contribution < -0.4 is 4.57 Å². The van der Waals surface area contributed by atoms with Gasteiger partial charge in [-0.15, -0.1) is 0 Å². The van der Waals surface area contributed by atoms with E-state index in [1.165, 1.54) is 16.8 Å². The van der Waals surface area contributed by atoms with Crippen molar-refractivity contribution in [3.8, 4) is 11.3 Å². The van der Waals surface area contributed by atoms with Gasteiger partial charge in [0, 0.05) is 12.3 Å². The number of hydrogen-bond acceptors (Lipinski definition) is 1. The number of nitrogens with zero attached hydrogens (tertiary/aromatic N) is 3. The van der Waals surface area contributed by atoms with Crippen LogP contribution in [0.15, 0.2) is 60.9 Å². The smallest absolute Gasteiger partial charge is 0.239 e. The van der Waals surface area contributed by atoms with Gasteiger partial charge < -0.3 is 0 Å². The van der Waals surface area contributed by atoms with Crippen LogP contribution >= 0.6 is 0 Å². The Kier molecular flexibility index (Phi) is 2.54. The molecule has 3 nitrogen and oxygen atoms in total. The molecule has 0 fully saturated rings. The summed E-state index contributed by atoms with van der Waals surface area (Å²) in [5.74, 6) is 0. The topological polar surface area (TPSA) is 21.2 Å². The average molecular weight is 274 g/mol. The fourth-order valence-corrected chi connectivity index (χ4v) is 2.95. The molecule has 0 aliphatic heterocycles. The van der Waals surface area contributed by atoms with Gasteiger partial charge in [0.05, 0.1) is 5.56 Å². The van der Waals surface area contributed by atoms with Crippen LogP contribution in [-0.2, 0) is 7.05 Å². The second-order valence-electron chi connectivity index (χ2n) is 5.36. The van der Waals surface area contributed by atoms with Gasteiger partial charge in [0.15, 0.2) is 6.20 Å². The maximum absolute atomic E-state index is 4.72. The number of fused-ring (bicyclic) bond motifs is 3. The van der Waals surface area contributed by atoms with Gasteiger partial charge in [-0.2, -0.15) is 4.57 Å². The Morgan fingerprint density at radius 3 is 2.67 bits per heavy atom. The summed E-state index contributed by atoms with van der Waals surface area (Å²) in [5.41, 5.74) is 6.88. The summed E-state index contributed by atoms with van der Waals surface area (Å²) in [6.45, 7) is 2.15. The molecular formula is C18H16N3+. The molecule has 0 saturated carbocycles. The van der Waals surface area contributed by atoms with Gasteiger partial charge in [0.2, 0.25) is 5.69 Å². The zero-order chi connectivity index (χ0) is 14.4. The summed E-state index contributed by atoms with van der Waals surface area (Å²) in [4.78, 5) is 4.72. The number of imidazole rings is 1. The normalized spacial score (nSPS) is 11.3. The maximum Gasteiger partial charge on any atom is 0.239 e. The van der Waals surface area contributed by atoms with Crippen LogP contribution in [0, 0.1) is 6.92 Å². The van der Waals surface area contributed by atoms with Crippen LogP contribution in [0.25, 0.3) is 27.9 Å². The number of aryl methyl sites for hydroxylation is 2. The molecule has 0 radical (unpaired) electrons. The highest BCUT2D eigenvalue weighted by Gasteiger charge is 2.20. The van der Waals surface area contributed by atoms with Crippen molar-refractivity contribution in [1.29, 1.82) is 0 Å². The lowest BCUT2D eigenvalue weighted by molar-refractivity contribution is -0.659. The Morgan fingerprint density at radius 2 is 1.81 bits per heavy atom. The molecule has 0 amide bonds. The molecule has 0 bridgehead atoms. The van der Waals surface area contributed by atoms with Crippen molar-refractivity contribution in [2.24, 2.45) is 7.05 Å². The van der Waals surface area contributed by atoms with E-state index in [-0.39, 0.29) is 0 Å². The fraction of sp³-hybridized carbons (Fsp3) is 0.111. The molecular weight excluding hydrogens is 258 g/mol. The second-order valence-corrected chi connectivity index (χ2v) is 5.36. The lowest BCUT2D eigenvalue weighted by atomic mass is 10.0. The average Bonchev–Trinajstić information content (AvgIpc) is 2.87. The van der Waals surface area contributed by atoms with Crippen molar-refractivity contribution in [2.45, 2.75) is 6.92 Å². The molecule has 3 aromatic heterocycles. The van der Waals surface area contributed by atoms with Crippen LogP contribution in [0.4, 0.5) is 0 Å². The van der Waals surface area contributed by atoms with Crippen LogP contribution in [0.5, 0.6) is 0 Å². The van der Waals surface area contributed by atoms with Gasteiger partial charge >= 0.3 is 0 Å². The third-order valence-corrected chi connectivity index (χ3v) is 3.99.